The third kappa shape index (κ3) is 2.86. The van der Waals surface area contributed by atoms with Gasteiger partial charge in [-0.2, -0.15) is 0 Å². The quantitative estimate of drug-likeness (QED) is 0.769. The number of benzene rings is 1. The van der Waals surface area contributed by atoms with Gasteiger partial charge in [-0.3, -0.25) is 4.79 Å². The Hall–Kier alpha value is -1.63. The number of anilines is 1. The zero-order valence-corrected chi connectivity index (χ0v) is 11.3. The van der Waals surface area contributed by atoms with E-state index in [1.165, 1.54) is 11.0 Å². The molecule has 0 bridgehead atoms. The molecule has 1 heterocycles. The molecule has 0 aliphatic carbocycles. The summed E-state index contributed by atoms with van der Waals surface area (Å²) in [5.74, 6) is -0.979. The van der Waals surface area contributed by atoms with Gasteiger partial charge in [0.15, 0.2) is 9.84 Å². The molecular formula is C12H15FN2O3S. The highest BCUT2D eigenvalue weighted by Crippen LogP contribution is 2.20. The van der Waals surface area contributed by atoms with Crippen LogP contribution in [0.3, 0.4) is 0 Å². The molecule has 1 aromatic carbocycles. The fourth-order valence-electron chi connectivity index (χ4n) is 2.18. The fourth-order valence-corrected chi connectivity index (χ4v) is 3.74. The Kier molecular flexibility index (Phi) is 3.49. The summed E-state index contributed by atoms with van der Waals surface area (Å²) in [6, 6.07) is 3.16. The van der Waals surface area contributed by atoms with E-state index in [0.29, 0.717) is 0 Å². The summed E-state index contributed by atoms with van der Waals surface area (Å²) in [5.41, 5.74) is 5.88. The minimum Gasteiger partial charge on any atom is -0.398 e. The zero-order chi connectivity index (χ0) is 14.2. The van der Waals surface area contributed by atoms with Crippen LogP contribution in [-0.4, -0.2) is 43.3 Å². The van der Waals surface area contributed by atoms with Gasteiger partial charge in [0.05, 0.1) is 17.1 Å². The van der Waals surface area contributed by atoms with Gasteiger partial charge in [0, 0.05) is 18.3 Å². The van der Waals surface area contributed by atoms with Crippen LogP contribution in [0.15, 0.2) is 18.2 Å². The van der Waals surface area contributed by atoms with Crippen molar-refractivity contribution in [2.45, 2.75) is 13.0 Å². The minimum atomic E-state index is -3.08. The van der Waals surface area contributed by atoms with Crippen molar-refractivity contribution < 1.29 is 17.6 Å². The first-order valence-electron chi connectivity index (χ1n) is 5.86. The van der Waals surface area contributed by atoms with Crippen molar-refractivity contribution in [1.82, 2.24) is 4.90 Å². The number of halogens is 1. The van der Waals surface area contributed by atoms with Crippen LogP contribution in [0.5, 0.6) is 0 Å². The molecule has 2 rings (SSSR count). The molecule has 1 unspecified atom stereocenters. The SMILES string of the molecule is CC1CS(=O)(=O)CCN1C(=O)c1ccc(F)cc1N. The molecule has 1 aromatic rings. The first-order valence-corrected chi connectivity index (χ1v) is 7.69. The van der Waals surface area contributed by atoms with Crippen LogP contribution < -0.4 is 5.73 Å². The summed E-state index contributed by atoms with van der Waals surface area (Å²) in [6.45, 7) is 1.81. The number of nitrogens with zero attached hydrogens (tertiary/aromatic N) is 1. The van der Waals surface area contributed by atoms with E-state index in [1.807, 2.05) is 0 Å². The number of hydrogen-bond acceptors (Lipinski definition) is 4. The molecule has 7 heteroatoms. The number of hydrogen-bond donors (Lipinski definition) is 1. The van der Waals surface area contributed by atoms with Crippen LogP contribution in [0, 0.1) is 5.82 Å². The van der Waals surface area contributed by atoms with Crippen LogP contribution in [0.2, 0.25) is 0 Å². The molecule has 19 heavy (non-hydrogen) atoms. The molecule has 2 N–H and O–H groups in total. The maximum absolute atomic E-state index is 12.9. The van der Waals surface area contributed by atoms with Crippen molar-refractivity contribution in [2.75, 3.05) is 23.8 Å². The Morgan fingerprint density at radius 3 is 2.74 bits per heavy atom. The van der Waals surface area contributed by atoms with Crippen molar-refractivity contribution in [3.8, 4) is 0 Å². The summed E-state index contributed by atoms with van der Waals surface area (Å²) >= 11 is 0. The predicted molar refractivity (Wildman–Crippen MR) is 70.0 cm³/mol. The monoisotopic (exact) mass is 286 g/mol. The smallest absolute Gasteiger partial charge is 0.256 e. The summed E-state index contributed by atoms with van der Waals surface area (Å²) in [4.78, 5) is 13.7. The maximum Gasteiger partial charge on any atom is 0.256 e. The van der Waals surface area contributed by atoms with Crippen LogP contribution >= 0.6 is 0 Å². The standard InChI is InChI=1S/C12H15FN2O3S/c1-8-7-19(17,18)5-4-15(8)12(16)10-3-2-9(13)6-11(10)14/h2-3,6,8H,4-5,7,14H2,1H3. The molecule has 1 aliphatic heterocycles. The lowest BCUT2D eigenvalue weighted by Crippen LogP contribution is -2.49. The Bertz CT molecular complexity index is 615. The molecule has 1 amide bonds. The molecule has 1 atom stereocenters. The molecular weight excluding hydrogens is 271 g/mol. The van der Waals surface area contributed by atoms with Gasteiger partial charge in [0.25, 0.3) is 5.91 Å². The number of amides is 1. The third-order valence-corrected chi connectivity index (χ3v) is 4.97. The number of carbonyl (C=O) groups is 1. The van der Waals surface area contributed by atoms with Gasteiger partial charge in [-0.25, -0.2) is 12.8 Å². The van der Waals surface area contributed by atoms with E-state index < -0.39 is 21.7 Å². The highest BCUT2D eigenvalue weighted by Gasteiger charge is 2.32. The molecule has 0 aromatic heterocycles. The van der Waals surface area contributed by atoms with Crippen LogP contribution in [0.4, 0.5) is 10.1 Å². The largest absolute Gasteiger partial charge is 0.398 e. The first kappa shape index (κ1) is 13.8. The van der Waals surface area contributed by atoms with E-state index in [2.05, 4.69) is 0 Å². The van der Waals surface area contributed by atoms with Gasteiger partial charge in [0.2, 0.25) is 0 Å². The average Bonchev–Trinajstić information content (AvgIpc) is 2.26. The zero-order valence-electron chi connectivity index (χ0n) is 10.5. The second-order valence-corrected chi connectivity index (χ2v) is 6.92. The Morgan fingerprint density at radius 1 is 1.47 bits per heavy atom. The van der Waals surface area contributed by atoms with E-state index in [1.54, 1.807) is 6.92 Å². The number of carbonyl (C=O) groups excluding carboxylic acids is 1. The normalized spacial score (nSPS) is 22.2. The van der Waals surface area contributed by atoms with Gasteiger partial charge < -0.3 is 10.6 Å². The van der Waals surface area contributed by atoms with E-state index >= 15 is 0 Å². The Labute approximate surface area is 111 Å². The van der Waals surface area contributed by atoms with Gasteiger partial charge in [0.1, 0.15) is 5.82 Å². The number of rotatable bonds is 1. The third-order valence-electron chi connectivity index (χ3n) is 3.18. The number of nitrogen functional groups attached to an aromatic ring is 1. The van der Waals surface area contributed by atoms with E-state index in [-0.39, 0.29) is 35.2 Å². The molecule has 5 nitrogen and oxygen atoms in total. The van der Waals surface area contributed by atoms with E-state index in [0.717, 1.165) is 12.1 Å². The minimum absolute atomic E-state index is 0.0514. The van der Waals surface area contributed by atoms with Gasteiger partial charge in [-0.15, -0.1) is 0 Å². The Balaban J connectivity index is 2.25. The predicted octanol–water partition coefficient (Wildman–Crippen LogP) is 0.667. The van der Waals surface area contributed by atoms with Gasteiger partial charge >= 0.3 is 0 Å². The lowest BCUT2D eigenvalue weighted by Gasteiger charge is -2.33. The molecule has 0 radical (unpaired) electrons. The van der Waals surface area contributed by atoms with Crippen molar-refractivity contribution in [2.24, 2.45) is 0 Å². The molecule has 1 saturated heterocycles. The molecule has 0 saturated carbocycles. The maximum atomic E-state index is 12.9. The van der Waals surface area contributed by atoms with E-state index in [9.17, 15) is 17.6 Å². The highest BCUT2D eigenvalue weighted by atomic mass is 32.2. The van der Waals surface area contributed by atoms with Crippen molar-refractivity contribution >= 4 is 21.4 Å². The first-order chi connectivity index (χ1) is 8.80. The number of nitrogens with two attached hydrogens (primary N) is 1. The lowest BCUT2D eigenvalue weighted by atomic mass is 10.1. The van der Waals surface area contributed by atoms with Gasteiger partial charge in [-0.05, 0) is 25.1 Å². The summed E-state index contributed by atoms with van der Waals surface area (Å²) in [7, 11) is -3.08. The topological polar surface area (TPSA) is 80.5 Å². The van der Waals surface area contributed by atoms with Crippen molar-refractivity contribution in [1.29, 1.82) is 0 Å². The van der Waals surface area contributed by atoms with Crippen molar-refractivity contribution in [3.05, 3.63) is 29.6 Å². The number of sulfone groups is 1. The molecule has 104 valence electrons. The van der Waals surface area contributed by atoms with Gasteiger partial charge in [-0.1, -0.05) is 0 Å². The van der Waals surface area contributed by atoms with E-state index in [4.69, 9.17) is 5.73 Å². The molecule has 1 aliphatic rings. The summed E-state index contributed by atoms with van der Waals surface area (Å²) in [5, 5.41) is 0. The molecule has 0 spiro atoms. The fraction of sp³-hybridized carbons (Fsp3) is 0.417. The summed E-state index contributed by atoms with van der Waals surface area (Å²) < 4.78 is 35.9. The van der Waals surface area contributed by atoms with Crippen molar-refractivity contribution in [3.63, 3.8) is 0 Å². The van der Waals surface area contributed by atoms with Crippen LogP contribution in [-0.2, 0) is 9.84 Å². The Morgan fingerprint density at radius 2 is 2.16 bits per heavy atom. The highest BCUT2D eigenvalue weighted by molar-refractivity contribution is 7.91. The molecule has 1 fully saturated rings. The lowest BCUT2D eigenvalue weighted by molar-refractivity contribution is 0.0713. The van der Waals surface area contributed by atoms with Crippen LogP contribution in [0.25, 0.3) is 0 Å². The average molecular weight is 286 g/mol. The second-order valence-electron chi connectivity index (χ2n) is 4.69. The van der Waals surface area contributed by atoms with Crippen LogP contribution in [0.1, 0.15) is 17.3 Å². The summed E-state index contributed by atoms with van der Waals surface area (Å²) in [6.07, 6.45) is 0. The second kappa shape index (κ2) is 4.80.